The van der Waals surface area contributed by atoms with Crippen molar-refractivity contribution in [2.75, 3.05) is 44.2 Å². The van der Waals surface area contributed by atoms with Gasteiger partial charge in [-0.25, -0.2) is 23.1 Å². The number of rotatable bonds is 9. The van der Waals surface area contributed by atoms with Crippen molar-refractivity contribution < 1.29 is 22.7 Å². The molecule has 3 saturated heterocycles. The van der Waals surface area contributed by atoms with E-state index in [2.05, 4.69) is 30.9 Å². The number of benzene rings is 2. The highest BCUT2D eigenvalue weighted by Gasteiger charge is 2.49. The number of fused-ring (bicyclic) bond motifs is 3. The van der Waals surface area contributed by atoms with E-state index in [1.54, 1.807) is 47.5 Å². The molecule has 2 aromatic carbocycles. The van der Waals surface area contributed by atoms with Crippen LogP contribution in [0.2, 0.25) is 5.02 Å². The molecule has 3 fully saturated rings. The Morgan fingerprint density at radius 2 is 1.98 bits per heavy atom. The number of aryl methyl sites for hydroxylation is 1. The van der Waals surface area contributed by atoms with Crippen LogP contribution < -0.4 is 9.64 Å². The highest BCUT2D eigenvalue weighted by Crippen LogP contribution is 2.42. The van der Waals surface area contributed by atoms with Crippen molar-refractivity contribution in [3.63, 3.8) is 0 Å². The van der Waals surface area contributed by atoms with Crippen LogP contribution in [0.3, 0.4) is 0 Å². The summed E-state index contributed by atoms with van der Waals surface area (Å²) < 4.78 is 52.5. The molecule has 282 valence electrons. The number of carbonyl (C=O) groups excluding carboxylic acids is 1. The number of anilines is 1. The van der Waals surface area contributed by atoms with Gasteiger partial charge >= 0.3 is 6.01 Å². The Morgan fingerprint density at radius 1 is 1.11 bits per heavy atom. The largest absolute Gasteiger partial charge is 0.461 e. The molecular weight excluding hydrogens is 731 g/mol. The van der Waals surface area contributed by atoms with Crippen LogP contribution in [0.15, 0.2) is 54.9 Å². The van der Waals surface area contributed by atoms with Crippen molar-refractivity contribution in [1.82, 2.24) is 34.7 Å². The highest BCUT2D eigenvalue weighted by molar-refractivity contribution is 6.36. The summed E-state index contributed by atoms with van der Waals surface area (Å²) in [6, 6.07) is 11.2. The summed E-state index contributed by atoms with van der Waals surface area (Å²) in [5.74, 6) is -0.736. The van der Waals surface area contributed by atoms with Gasteiger partial charge in [0.05, 0.1) is 40.2 Å². The number of nitrogens with zero attached hydrogens (tertiary/aromatic N) is 9. The fourth-order valence-corrected chi connectivity index (χ4v) is 8.49. The lowest BCUT2D eigenvalue weighted by molar-refractivity contribution is -0.128. The average molecular weight is 768 g/mol. The number of pyridine rings is 1. The third-order valence-electron chi connectivity index (χ3n) is 10.9. The molecule has 0 spiro atoms. The van der Waals surface area contributed by atoms with E-state index in [0.717, 1.165) is 19.4 Å². The minimum atomic E-state index is -0.971. The zero-order valence-corrected chi connectivity index (χ0v) is 30.8. The molecule has 5 aromatic rings. The maximum absolute atomic E-state index is 17.0. The first-order chi connectivity index (χ1) is 26.7. The van der Waals surface area contributed by atoms with Gasteiger partial charge < -0.3 is 14.5 Å². The van der Waals surface area contributed by atoms with Crippen LogP contribution >= 0.6 is 11.6 Å². The van der Waals surface area contributed by atoms with Crippen molar-refractivity contribution >= 4 is 51.1 Å². The summed E-state index contributed by atoms with van der Waals surface area (Å²) in [5.41, 5.74) is 0.203. The number of halogens is 4. The summed E-state index contributed by atoms with van der Waals surface area (Å²) in [6.45, 7) is 3.91. The van der Waals surface area contributed by atoms with Crippen molar-refractivity contribution in [1.29, 1.82) is 5.26 Å². The molecule has 3 atom stereocenters. The van der Waals surface area contributed by atoms with Crippen molar-refractivity contribution in [2.24, 2.45) is 0 Å². The summed E-state index contributed by atoms with van der Waals surface area (Å²) in [5, 5.41) is 10.8. The zero-order chi connectivity index (χ0) is 38.3. The van der Waals surface area contributed by atoms with Crippen molar-refractivity contribution in [3.05, 3.63) is 83.0 Å². The molecular formula is C40H37ClF3N9O2. The predicted molar refractivity (Wildman–Crippen MR) is 202 cm³/mol. The molecule has 0 saturated carbocycles. The van der Waals surface area contributed by atoms with E-state index >= 15 is 4.39 Å². The number of nitriles is 1. The van der Waals surface area contributed by atoms with Gasteiger partial charge in [-0.1, -0.05) is 42.8 Å². The minimum Gasteiger partial charge on any atom is -0.461 e. The number of carbonyl (C=O) groups is 1. The topological polar surface area (TPSA) is 124 Å². The monoisotopic (exact) mass is 767 g/mol. The third-order valence-corrected chi connectivity index (χ3v) is 11.3. The normalized spacial score (nSPS) is 21.5. The van der Waals surface area contributed by atoms with Crippen LogP contribution in [0.1, 0.15) is 44.1 Å². The smallest absolute Gasteiger partial charge is 0.319 e. The lowest BCUT2D eigenvalue weighted by Crippen LogP contribution is -2.55. The van der Waals surface area contributed by atoms with E-state index < -0.39 is 29.4 Å². The first-order valence-electron chi connectivity index (χ1n) is 18.4. The predicted octanol–water partition coefficient (Wildman–Crippen LogP) is 6.73. The fraction of sp³-hybridized carbons (Fsp3) is 0.375. The van der Waals surface area contributed by atoms with E-state index in [1.807, 2.05) is 11.8 Å². The molecule has 0 bridgehead atoms. The summed E-state index contributed by atoms with van der Waals surface area (Å²) in [7, 11) is 0. The number of piperazine rings is 1. The molecule has 3 aliphatic heterocycles. The maximum Gasteiger partial charge on any atom is 0.319 e. The van der Waals surface area contributed by atoms with Crippen LogP contribution in [0.4, 0.5) is 19.0 Å². The molecule has 8 rings (SSSR count). The molecule has 11 nitrogen and oxygen atoms in total. The van der Waals surface area contributed by atoms with E-state index in [1.165, 1.54) is 18.3 Å². The van der Waals surface area contributed by atoms with Crippen LogP contribution in [-0.2, 0) is 11.2 Å². The van der Waals surface area contributed by atoms with Gasteiger partial charge in [0.15, 0.2) is 5.82 Å². The lowest BCUT2D eigenvalue weighted by Gasteiger charge is -2.41. The molecule has 0 aliphatic carbocycles. The quantitative estimate of drug-likeness (QED) is 0.149. The zero-order valence-electron chi connectivity index (χ0n) is 30.1. The second-order valence-corrected chi connectivity index (χ2v) is 14.6. The Bertz CT molecular complexity index is 2380. The Morgan fingerprint density at radius 3 is 2.82 bits per heavy atom. The summed E-state index contributed by atoms with van der Waals surface area (Å²) in [4.78, 5) is 41.6. The Balaban J connectivity index is 1.16. The number of amides is 1. The molecule has 55 heavy (non-hydrogen) atoms. The van der Waals surface area contributed by atoms with Crippen molar-refractivity contribution in [3.8, 4) is 23.3 Å². The molecule has 0 radical (unpaired) electrons. The molecule has 0 unspecified atom stereocenters. The molecule has 3 aromatic heterocycles. The van der Waals surface area contributed by atoms with Gasteiger partial charge in [0, 0.05) is 68.4 Å². The van der Waals surface area contributed by atoms with E-state index in [-0.39, 0.29) is 65.2 Å². The van der Waals surface area contributed by atoms with Crippen LogP contribution in [0.25, 0.3) is 39.0 Å². The summed E-state index contributed by atoms with van der Waals surface area (Å²) in [6.07, 6.45) is 7.89. The van der Waals surface area contributed by atoms with Gasteiger partial charge in [-0.3, -0.25) is 14.7 Å². The number of hydrogen-bond acceptors (Lipinski definition) is 10. The Labute approximate surface area is 320 Å². The van der Waals surface area contributed by atoms with E-state index in [0.29, 0.717) is 54.0 Å². The second-order valence-electron chi connectivity index (χ2n) is 14.2. The molecule has 0 N–H and O–H groups in total. The number of hydrogen-bond donors (Lipinski definition) is 0. The summed E-state index contributed by atoms with van der Waals surface area (Å²) >= 11 is 6.43. The first-order valence-corrected chi connectivity index (χ1v) is 18.7. The average Bonchev–Trinajstić information content (AvgIpc) is 3.73. The minimum absolute atomic E-state index is 0.0356. The van der Waals surface area contributed by atoms with Crippen molar-refractivity contribution in [2.45, 2.75) is 56.8 Å². The maximum atomic E-state index is 17.0. The van der Waals surface area contributed by atoms with Gasteiger partial charge in [-0.05, 0) is 43.0 Å². The third kappa shape index (κ3) is 6.91. The molecule has 3 aliphatic rings. The van der Waals surface area contributed by atoms with E-state index in [9.17, 15) is 18.8 Å². The SMILES string of the molecule is CCc1nccc(/C=C/C(=O)N2CCN(c3nc(OC[C@@]45CCCN4C[C@H](F)C5)nc4c(F)c(-c5cccc6ccc(F)c(Cl)c56)ncc34)C[C@@H]2CC#N)n1. The number of ether oxygens (including phenoxy) is 1. The standard InChI is InChI=1S/C40H37ClF3N9O2/c1-2-31-46-15-12-26(48-31)8-10-32(54)53-18-17-51(22-27(53)11-14-45)38-29-20-47-36(28-6-3-5-24-7-9-30(43)34(41)33(24)28)35(44)37(29)49-39(50-38)55-23-40-13-4-16-52(40)21-25(42)19-40/h3,5-10,12,15,20,25,27H,2,4,11,13,16-19,21-23H2,1H3/b10-8+/t25-,27+,40+/m1/s1. The van der Waals surface area contributed by atoms with Crippen LogP contribution in [0.5, 0.6) is 6.01 Å². The highest BCUT2D eigenvalue weighted by atomic mass is 35.5. The van der Waals surface area contributed by atoms with Gasteiger partial charge in [0.2, 0.25) is 5.91 Å². The fourth-order valence-electron chi connectivity index (χ4n) is 8.22. The Hall–Kier alpha value is -5.39. The van der Waals surface area contributed by atoms with Gasteiger partial charge in [-0.15, -0.1) is 0 Å². The Kier molecular flexibility index (Phi) is 10.00. The molecule has 15 heteroatoms. The van der Waals surface area contributed by atoms with Crippen LogP contribution in [-0.4, -0.2) is 97.7 Å². The molecule has 1 amide bonds. The number of alkyl halides is 1. The second kappa shape index (κ2) is 15.0. The van der Waals surface area contributed by atoms with Gasteiger partial charge in [0.1, 0.15) is 41.4 Å². The number of aromatic nitrogens is 5. The van der Waals surface area contributed by atoms with Gasteiger partial charge in [0.25, 0.3) is 0 Å². The molecule has 6 heterocycles. The lowest BCUT2D eigenvalue weighted by atomic mass is 9.95. The first kappa shape index (κ1) is 36.6. The van der Waals surface area contributed by atoms with Gasteiger partial charge in [-0.2, -0.15) is 15.2 Å². The van der Waals surface area contributed by atoms with E-state index in [4.69, 9.17) is 21.3 Å². The van der Waals surface area contributed by atoms with Crippen LogP contribution in [0, 0.1) is 23.0 Å².